The molecule has 0 aliphatic carbocycles. The highest BCUT2D eigenvalue weighted by atomic mass is 32.2. The molecule has 1 aliphatic heterocycles. The van der Waals surface area contributed by atoms with Crippen molar-refractivity contribution in [3.63, 3.8) is 0 Å². The highest BCUT2D eigenvalue weighted by Gasteiger charge is 2.38. The summed E-state index contributed by atoms with van der Waals surface area (Å²) in [5.74, 6) is -1.76. The number of aromatic carboxylic acids is 1. The van der Waals surface area contributed by atoms with Crippen molar-refractivity contribution >= 4 is 29.5 Å². The average Bonchev–Trinajstić information content (AvgIpc) is 2.64. The molecule has 6 heteroatoms. The highest BCUT2D eigenvalue weighted by Crippen LogP contribution is 2.33. The van der Waals surface area contributed by atoms with Crippen molar-refractivity contribution in [2.24, 2.45) is 0 Å². The molecule has 0 unspecified atom stereocenters. The van der Waals surface area contributed by atoms with Gasteiger partial charge in [-0.1, -0.05) is 18.2 Å². The van der Waals surface area contributed by atoms with Gasteiger partial charge in [0.2, 0.25) is 11.8 Å². The summed E-state index contributed by atoms with van der Waals surface area (Å²) in [6.07, 6.45) is 0.110. The van der Waals surface area contributed by atoms with Gasteiger partial charge >= 0.3 is 0 Å². The Morgan fingerprint density at radius 1 is 1.42 bits per heavy atom. The van der Waals surface area contributed by atoms with Gasteiger partial charge in [0.15, 0.2) is 0 Å². The van der Waals surface area contributed by atoms with Crippen molar-refractivity contribution in [1.82, 2.24) is 4.90 Å². The monoisotopic (exact) mass is 278 g/mol. The maximum Gasteiger partial charge on any atom is 0.243 e. The van der Waals surface area contributed by atoms with Gasteiger partial charge in [-0.2, -0.15) is 0 Å². The molecule has 19 heavy (non-hydrogen) atoms. The summed E-state index contributed by atoms with van der Waals surface area (Å²) in [5, 5.41) is 10.4. The number of thioether (sulfide) groups is 1. The smallest absolute Gasteiger partial charge is 0.243 e. The second-order valence-electron chi connectivity index (χ2n) is 4.07. The van der Waals surface area contributed by atoms with Gasteiger partial charge in [0.1, 0.15) is 0 Å². The number of amides is 2. The Hall–Kier alpha value is -1.82. The third kappa shape index (κ3) is 2.63. The van der Waals surface area contributed by atoms with Crippen LogP contribution in [0.25, 0.3) is 0 Å². The Balaban J connectivity index is 2.21. The van der Waals surface area contributed by atoms with Gasteiger partial charge in [-0.15, -0.1) is 11.8 Å². The number of likely N-dealkylation sites (tertiary alicyclic amines) is 1. The molecule has 0 aromatic heterocycles. The van der Waals surface area contributed by atoms with E-state index in [2.05, 4.69) is 0 Å². The third-order valence-corrected chi connectivity index (χ3v) is 4.16. The molecule has 0 bridgehead atoms. The Morgan fingerprint density at radius 2 is 2.11 bits per heavy atom. The molecule has 1 saturated heterocycles. The maximum absolute atomic E-state index is 12.0. The molecular weight excluding hydrogens is 266 g/mol. The minimum absolute atomic E-state index is 0.0442. The van der Waals surface area contributed by atoms with Crippen LogP contribution in [0.15, 0.2) is 29.2 Å². The van der Waals surface area contributed by atoms with Gasteiger partial charge in [0, 0.05) is 23.4 Å². The number of carbonyl (C=O) groups is 3. The normalized spacial score (nSPS) is 19.0. The topological polar surface area (TPSA) is 77.5 Å². The second kappa shape index (κ2) is 5.44. The number of carbonyl (C=O) groups excluding carboxylic acids is 3. The summed E-state index contributed by atoms with van der Waals surface area (Å²) in [4.78, 5) is 36.2. The molecule has 0 N–H and O–H groups in total. The molecule has 1 atom stereocenters. The summed E-state index contributed by atoms with van der Waals surface area (Å²) >= 11 is 1.10. The van der Waals surface area contributed by atoms with E-state index in [1.165, 1.54) is 11.0 Å². The lowest BCUT2D eigenvalue weighted by Crippen LogP contribution is -2.31. The summed E-state index contributed by atoms with van der Waals surface area (Å²) in [6.45, 7) is 2.08. The quantitative estimate of drug-likeness (QED) is 0.740. The van der Waals surface area contributed by atoms with E-state index in [0.29, 0.717) is 11.4 Å². The van der Waals surface area contributed by atoms with Crippen LogP contribution in [0.3, 0.4) is 0 Å². The number of carboxylic acid groups (broad SMARTS) is 1. The molecule has 0 radical (unpaired) electrons. The van der Waals surface area contributed by atoms with E-state index in [1.807, 2.05) is 0 Å². The number of imide groups is 1. The number of hydrogen-bond donors (Lipinski definition) is 0. The second-order valence-corrected chi connectivity index (χ2v) is 5.32. The van der Waals surface area contributed by atoms with Gasteiger partial charge < -0.3 is 9.90 Å². The van der Waals surface area contributed by atoms with E-state index >= 15 is 0 Å². The van der Waals surface area contributed by atoms with Crippen LogP contribution in [-0.2, 0) is 9.59 Å². The Bertz CT molecular complexity index is 543. The fraction of sp³-hybridized carbons (Fsp3) is 0.308. The van der Waals surface area contributed by atoms with E-state index in [1.54, 1.807) is 25.1 Å². The van der Waals surface area contributed by atoms with Crippen LogP contribution in [0.2, 0.25) is 0 Å². The van der Waals surface area contributed by atoms with Crippen molar-refractivity contribution in [1.29, 1.82) is 0 Å². The number of carboxylic acids is 1. The summed E-state index contributed by atoms with van der Waals surface area (Å²) in [6, 6.07) is 6.32. The van der Waals surface area contributed by atoms with Crippen molar-refractivity contribution < 1.29 is 19.5 Å². The maximum atomic E-state index is 12.0. The number of benzene rings is 1. The van der Waals surface area contributed by atoms with Crippen LogP contribution in [0.5, 0.6) is 0 Å². The van der Waals surface area contributed by atoms with Gasteiger partial charge in [-0.05, 0) is 13.0 Å². The van der Waals surface area contributed by atoms with E-state index < -0.39 is 11.2 Å². The minimum atomic E-state index is -1.28. The summed E-state index contributed by atoms with van der Waals surface area (Å²) < 4.78 is 0. The molecule has 1 aromatic rings. The molecule has 100 valence electrons. The van der Waals surface area contributed by atoms with Crippen LogP contribution in [0.1, 0.15) is 23.7 Å². The number of nitrogens with zero attached hydrogens (tertiary/aromatic N) is 1. The zero-order valence-electron chi connectivity index (χ0n) is 10.3. The molecule has 0 spiro atoms. The molecule has 0 saturated carbocycles. The largest absolute Gasteiger partial charge is 0.545 e. The fourth-order valence-corrected chi connectivity index (χ4v) is 3.16. The molecule has 1 heterocycles. The van der Waals surface area contributed by atoms with Gasteiger partial charge in [-0.3, -0.25) is 14.5 Å². The lowest BCUT2D eigenvalue weighted by molar-refractivity contribution is -0.255. The first-order valence-corrected chi connectivity index (χ1v) is 6.73. The van der Waals surface area contributed by atoms with E-state index in [-0.39, 0.29) is 23.8 Å². The lowest BCUT2D eigenvalue weighted by atomic mass is 10.2. The van der Waals surface area contributed by atoms with E-state index in [9.17, 15) is 19.5 Å². The van der Waals surface area contributed by atoms with Crippen LogP contribution >= 0.6 is 11.8 Å². The van der Waals surface area contributed by atoms with Crippen LogP contribution in [0.4, 0.5) is 0 Å². The molecular formula is C13H12NO4S-. The van der Waals surface area contributed by atoms with Crippen LogP contribution in [-0.4, -0.2) is 34.5 Å². The van der Waals surface area contributed by atoms with E-state index in [0.717, 1.165) is 11.8 Å². The molecule has 2 amide bonds. The fourth-order valence-electron chi connectivity index (χ4n) is 1.97. The first kappa shape index (κ1) is 13.6. The molecule has 1 aliphatic rings. The SMILES string of the molecule is CCN1C(=O)C[C@@H](Sc2ccccc2C(=O)[O-])C1=O. The van der Waals surface area contributed by atoms with Crippen LogP contribution in [0, 0.1) is 0 Å². The number of hydrogen-bond acceptors (Lipinski definition) is 5. The summed E-state index contributed by atoms with van der Waals surface area (Å²) in [5.41, 5.74) is 0.0442. The molecule has 1 aromatic carbocycles. The lowest BCUT2D eigenvalue weighted by Gasteiger charge is -2.14. The predicted octanol–water partition coefficient (Wildman–Crippen LogP) is 0.290. The minimum Gasteiger partial charge on any atom is -0.545 e. The highest BCUT2D eigenvalue weighted by molar-refractivity contribution is 8.00. The van der Waals surface area contributed by atoms with Crippen LogP contribution < -0.4 is 5.11 Å². The number of rotatable bonds is 4. The zero-order chi connectivity index (χ0) is 14.0. The zero-order valence-corrected chi connectivity index (χ0v) is 11.1. The van der Waals surface area contributed by atoms with Gasteiger partial charge in [-0.25, -0.2) is 0 Å². The molecule has 2 rings (SSSR count). The molecule has 1 fully saturated rings. The Morgan fingerprint density at radius 3 is 2.68 bits per heavy atom. The Kier molecular flexibility index (Phi) is 3.90. The standard InChI is InChI=1S/C13H13NO4S/c1-2-14-11(15)7-10(12(14)16)19-9-6-4-3-5-8(9)13(17)18/h3-6,10H,2,7H2,1H3,(H,17,18)/p-1/t10-/m1/s1. The van der Waals surface area contributed by atoms with Gasteiger partial charge in [0.05, 0.1) is 11.2 Å². The summed E-state index contributed by atoms with van der Waals surface area (Å²) in [7, 11) is 0. The predicted molar refractivity (Wildman–Crippen MR) is 67.4 cm³/mol. The van der Waals surface area contributed by atoms with E-state index in [4.69, 9.17) is 0 Å². The van der Waals surface area contributed by atoms with Crippen molar-refractivity contribution in [2.75, 3.05) is 6.54 Å². The first-order chi connectivity index (χ1) is 9.04. The average molecular weight is 278 g/mol. The Labute approximate surface area is 114 Å². The van der Waals surface area contributed by atoms with Crippen molar-refractivity contribution in [2.45, 2.75) is 23.5 Å². The first-order valence-electron chi connectivity index (χ1n) is 5.85. The third-order valence-electron chi connectivity index (χ3n) is 2.89. The van der Waals surface area contributed by atoms with Gasteiger partial charge in [0.25, 0.3) is 0 Å². The van der Waals surface area contributed by atoms with Crippen molar-refractivity contribution in [3.05, 3.63) is 29.8 Å². The van der Waals surface area contributed by atoms with Crippen molar-refractivity contribution in [3.8, 4) is 0 Å². The molecule has 5 nitrogen and oxygen atoms in total.